The zero-order chi connectivity index (χ0) is 14.4. The van der Waals surface area contributed by atoms with Crippen LogP contribution in [0, 0.1) is 0 Å². The molecular formula is C14H21N5O. The van der Waals surface area contributed by atoms with Crippen LogP contribution in [-0.4, -0.2) is 33.4 Å². The lowest BCUT2D eigenvalue weighted by Crippen LogP contribution is -2.07. The smallest absolute Gasteiger partial charge is 0.157 e. The number of nitrogens with zero attached hydrogens (tertiary/aromatic N) is 4. The fourth-order valence-electron chi connectivity index (χ4n) is 1.95. The first-order valence-electron chi connectivity index (χ1n) is 6.94. The average Bonchev–Trinajstić information content (AvgIpc) is 2.93. The predicted molar refractivity (Wildman–Crippen MR) is 78.4 cm³/mol. The molecule has 0 aliphatic heterocycles. The molecule has 2 rings (SSSR count). The van der Waals surface area contributed by atoms with Crippen LogP contribution >= 0.6 is 0 Å². The van der Waals surface area contributed by atoms with Crippen LogP contribution in [0.4, 0.5) is 5.82 Å². The van der Waals surface area contributed by atoms with Crippen LogP contribution in [0.25, 0.3) is 11.4 Å². The van der Waals surface area contributed by atoms with E-state index in [0.29, 0.717) is 19.0 Å². The number of rotatable bonds is 7. The molecule has 0 unspecified atom stereocenters. The van der Waals surface area contributed by atoms with Gasteiger partial charge in [0.05, 0.1) is 11.4 Å². The Bertz CT molecular complexity index is 552. The molecule has 6 heteroatoms. The molecule has 20 heavy (non-hydrogen) atoms. The largest absolute Gasteiger partial charge is 0.374 e. The van der Waals surface area contributed by atoms with Crippen molar-refractivity contribution in [2.75, 3.05) is 19.0 Å². The van der Waals surface area contributed by atoms with Crippen molar-refractivity contribution in [1.82, 2.24) is 19.7 Å². The minimum Gasteiger partial charge on any atom is -0.374 e. The van der Waals surface area contributed by atoms with Gasteiger partial charge in [-0.25, -0.2) is 9.97 Å². The first-order valence-corrected chi connectivity index (χ1v) is 6.94. The van der Waals surface area contributed by atoms with E-state index in [9.17, 15) is 0 Å². The van der Waals surface area contributed by atoms with Gasteiger partial charge < -0.3 is 10.1 Å². The molecule has 2 aromatic rings. The molecule has 0 spiro atoms. The minimum absolute atomic E-state index is 0.418. The summed E-state index contributed by atoms with van der Waals surface area (Å²) in [4.78, 5) is 8.97. The Morgan fingerprint density at radius 2 is 2.15 bits per heavy atom. The summed E-state index contributed by atoms with van der Waals surface area (Å²) in [6, 6.07) is 3.90. The molecule has 0 radical (unpaired) electrons. The van der Waals surface area contributed by atoms with Gasteiger partial charge in [-0.15, -0.1) is 0 Å². The fraction of sp³-hybridized carbons (Fsp3) is 0.500. The molecule has 0 aliphatic carbocycles. The highest BCUT2D eigenvalue weighted by Gasteiger charge is 2.10. The van der Waals surface area contributed by atoms with E-state index in [-0.39, 0.29) is 0 Å². The van der Waals surface area contributed by atoms with Crippen molar-refractivity contribution < 1.29 is 4.74 Å². The molecule has 6 nitrogen and oxygen atoms in total. The minimum atomic E-state index is 0.418. The van der Waals surface area contributed by atoms with Gasteiger partial charge in [-0.2, -0.15) is 5.10 Å². The highest BCUT2D eigenvalue weighted by molar-refractivity contribution is 5.58. The second-order valence-corrected chi connectivity index (χ2v) is 4.38. The Morgan fingerprint density at radius 3 is 2.85 bits per heavy atom. The Morgan fingerprint density at radius 1 is 1.30 bits per heavy atom. The Kier molecular flexibility index (Phi) is 5.06. The van der Waals surface area contributed by atoms with Gasteiger partial charge in [-0.05, 0) is 19.4 Å². The summed E-state index contributed by atoms with van der Waals surface area (Å²) in [6.45, 7) is 6.03. The van der Waals surface area contributed by atoms with Crippen LogP contribution in [0.2, 0.25) is 0 Å². The highest BCUT2D eigenvalue weighted by Crippen LogP contribution is 2.20. The molecule has 0 amide bonds. The van der Waals surface area contributed by atoms with E-state index in [4.69, 9.17) is 4.74 Å². The molecule has 2 aromatic heterocycles. The molecular weight excluding hydrogens is 254 g/mol. The predicted octanol–water partition coefficient (Wildman–Crippen LogP) is 2.33. The van der Waals surface area contributed by atoms with Crippen molar-refractivity contribution in [3.8, 4) is 11.4 Å². The lowest BCUT2D eigenvalue weighted by Gasteiger charge is -2.09. The van der Waals surface area contributed by atoms with Gasteiger partial charge in [-0.3, -0.25) is 4.68 Å². The third kappa shape index (κ3) is 3.33. The summed E-state index contributed by atoms with van der Waals surface area (Å²) >= 11 is 0. The molecule has 0 bridgehead atoms. The Hall–Kier alpha value is -1.95. The lowest BCUT2D eigenvalue weighted by atomic mass is 10.2. The van der Waals surface area contributed by atoms with Crippen molar-refractivity contribution in [3.63, 3.8) is 0 Å². The monoisotopic (exact) mass is 275 g/mol. The number of aromatic nitrogens is 4. The molecule has 1 N–H and O–H groups in total. The third-order valence-electron chi connectivity index (χ3n) is 2.88. The van der Waals surface area contributed by atoms with Crippen molar-refractivity contribution >= 4 is 5.82 Å². The molecule has 2 heterocycles. The summed E-state index contributed by atoms with van der Waals surface area (Å²) in [5, 5.41) is 7.40. The first-order chi connectivity index (χ1) is 9.78. The van der Waals surface area contributed by atoms with Gasteiger partial charge in [0, 0.05) is 32.5 Å². The van der Waals surface area contributed by atoms with E-state index in [2.05, 4.69) is 27.3 Å². The second kappa shape index (κ2) is 7.00. The number of hydrogen-bond donors (Lipinski definition) is 1. The second-order valence-electron chi connectivity index (χ2n) is 4.38. The van der Waals surface area contributed by atoms with E-state index in [1.54, 1.807) is 6.20 Å². The maximum atomic E-state index is 5.39. The molecule has 0 aliphatic rings. The topological polar surface area (TPSA) is 64.9 Å². The SMILES string of the molecule is CCCn1nccc1-c1cc(NC)nc(COCC)n1. The van der Waals surface area contributed by atoms with Crippen LogP contribution in [-0.2, 0) is 17.9 Å². The molecule has 0 atom stereocenters. The van der Waals surface area contributed by atoms with Crippen LogP contribution in [0.1, 0.15) is 26.1 Å². The summed E-state index contributed by atoms with van der Waals surface area (Å²) in [5.41, 5.74) is 1.87. The van der Waals surface area contributed by atoms with Crippen molar-refractivity contribution in [1.29, 1.82) is 0 Å². The van der Waals surface area contributed by atoms with Gasteiger partial charge in [0.15, 0.2) is 5.82 Å². The quantitative estimate of drug-likeness (QED) is 0.840. The van der Waals surface area contributed by atoms with E-state index < -0.39 is 0 Å². The molecule has 108 valence electrons. The standard InChI is InChI=1S/C14H21N5O/c1-4-8-19-12(6-7-16-19)11-9-13(15-3)18-14(17-11)10-20-5-2/h6-7,9H,4-5,8,10H2,1-3H3,(H,15,17,18). The fourth-order valence-corrected chi connectivity index (χ4v) is 1.95. The maximum Gasteiger partial charge on any atom is 0.157 e. The Labute approximate surface area is 119 Å². The van der Waals surface area contributed by atoms with Gasteiger partial charge in [-0.1, -0.05) is 6.92 Å². The Balaban J connectivity index is 2.36. The molecule has 0 fully saturated rings. The van der Waals surface area contributed by atoms with Gasteiger partial charge in [0.2, 0.25) is 0 Å². The van der Waals surface area contributed by atoms with Crippen LogP contribution < -0.4 is 5.32 Å². The number of hydrogen-bond acceptors (Lipinski definition) is 5. The normalized spacial score (nSPS) is 10.8. The van der Waals surface area contributed by atoms with E-state index in [0.717, 1.165) is 30.2 Å². The van der Waals surface area contributed by atoms with E-state index in [1.165, 1.54) is 0 Å². The zero-order valence-corrected chi connectivity index (χ0v) is 12.3. The number of nitrogens with one attached hydrogen (secondary N) is 1. The number of aryl methyl sites for hydroxylation is 1. The van der Waals surface area contributed by atoms with Crippen molar-refractivity contribution in [2.45, 2.75) is 33.4 Å². The van der Waals surface area contributed by atoms with Crippen molar-refractivity contribution in [3.05, 3.63) is 24.2 Å². The van der Waals surface area contributed by atoms with Crippen molar-refractivity contribution in [2.24, 2.45) is 0 Å². The first kappa shape index (κ1) is 14.5. The van der Waals surface area contributed by atoms with E-state index in [1.807, 2.05) is 30.8 Å². The molecule has 0 saturated heterocycles. The van der Waals surface area contributed by atoms with Gasteiger partial charge in [0.25, 0.3) is 0 Å². The van der Waals surface area contributed by atoms with E-state index >= 15 is 0 Å². The van der Waals surface area contributed by atoms with Crippen LogP contribution in [0.15, 0.2) is 18.3 Å². The summed E-state index contributed by atoms with van der Waals surface area (Å²) in [6.07, 6.45) is 2.83. The molecule has 0 saturated carbocycles. The summed E-state index contributed by atoms with van der Waals surface area (Å²) < 4.78 is 7.36. The molecule has 0 aromatic carbocycles. The number of anilines is 1. The van der Waals surface area contributed by atoms with Gasteiger partial charge in [0.1, 0.15) is 12.4 Å². The third-order valence-corrected chi connectivity index (χ3v) is 2.88. The van der Waals surface area contributed by atoms with Gasteiger partial charge >= 0.3 is 0 Å². The highest BCUT2D eigenvalue weighted by atomic mass is 16.5. The number of ether oxygens (including phenoxy) is 1. The maximum absolute atomic E-state index is 5.39. The van der Waals surface area contributed by atoms with Crippen LogP contribution in [0.3, 0.4) is 0 Å². The summed E-state index contributed by atoms with van der Waals surface area (Å²) in [5.74, 6) is 1.46. The van der Waals surface area contributed by atoms with Crippen LogP contribution in [0.5, 0.6) is 0 Å². The average molecular weight is 275 g/mol. The lowest BCUT2D eigenvalue weighted by molar-refractivity contribution is 0.128. The zero-order valence-electron chi connectivity index (χ0n) is 12.3. The summed E-state index contributed by atoms with van der Waals surface area (Å²) in [7, 11) is 1.85.